The van der Waals surface area contributed by atoms with E-state index >= 15 is 0 Å². The van der Waals surface area contributed by atoms with Gasteiger partial charge in [-0.1, -0.05) is 47.5 Å². The summed E-state index contributed by atoms with van der Waals surface area (Å²) in [6.45, 7) is 0. The summed E-state index contributed by atoms with van der Waals surface area (Å²) in [4.78, 5) is 26.9. The van der Waals surface area contributed by atoms with Crippen LogP contribution in [0.1, 0.15) is 17.2 Å². The maximum Gasteiger partial charge on any atom is 0.414 e. The molecule has 1 amide bonds. The molecule has 162 valence electrons. The third-order valence-corrected chi connectivity index (χ3v) is 5.56. The summed E-state index contributed by atoms with van der Waals surface area (Å²) in [5.41, 5.74) is 1.77. The molecule has 0 spiro atoms. The molecule has 0 saturated carbocycles. The Bertz CT molecular complexity index is 1270. The van der Waals surface area contributed by atoms with Gasteiger partial charge in [0.05, 0.1) is 16.1 Å². The zero-order valence-corrected chi connectivity index (χ0v) is 18.8. The molecule has 7 nitrogen and oxygen atoms in total. The van der Waals surface area contributed by atoms with Crippen LogP contribution in [-0.4, -0.2) is 40.0 Å². The average molecular weight is 468 g/mol. The molecule has 3 heterocycles. The van der Waals surface area contributed by atoms with E-state index in [0.29, 0.717) is 38.3 Å². The lowest BCUT2D eigenvalue weighted by Gasteiger charge is -2.24. The molecule has 9 heteroatoms. The molecule has 1 atom stereocenters. The van der Waals surface area contributed by atoms with Crippen molar-refractivity contribution >= 4 is 46.0 Å². The molecule has 0 aliphatic heterocycles. The van der Waals surface area contributed by atoms with Gasteiger partial charge in [-0.3, -0.25) is 9.97 Å². The van der Waals surface area contributed by atoms with Crippen molar-refractivity contribution < 1.29 is 9.53 Å². The monoisotopic (exact) mass is 467 g/mol. The molecule has 4 rings (SSSR count). The van der Waals surface area contributed by atoms with Crippen LogP contribution in [0, 0.1) is 0 Å². The molecule has 1 aromatic carbocycles. The number of benzene rings is 1. The third kappa shape index (κ3) is 4.44. The smallest absolute Gasteiger partial charge is 0.407 e. The van der Waals surface area contributed by atoms with Crippen LogP contribution in [0.4, 0.5) is 10.6 Å². The van der Waals surface area contributed by atoms with E-state index < -0.39 is 12.1 Å². The number of hydrogen-bond donors (Lipinski definition) is 1. The van der Waals surface area contributed by atoms with Crippen molar-refractivity contribution in [3.63, 3.8) is 0 Å². The molecule has 3 aromatic heterocycles. The maximum atomic E-state index is 12.5. The summed E-state index contributed by atoms with van der Waals surface area (Å²) in [5.74, 6) is 0.908. The van der Waals surface area contributed by atoms with Crippen molar-refractivity contribution in [3.05, 3.63) is 88.4 Å². The molecule has 32 heavy (non-hydrogen) atoms. The number of hydrogen-bond acceptors (Lipinski definition) is 6. The molecule has 0 aliphatic carbocycles. The van der Waals surface area contributed by atoms with Gasteiger partial charge in [0.25, 0.3) is 0 Å². The highest BCUT2D eigenvalue weighted by Crippen LogP contribution is 2.40. The Labute approximate surface area is 195 Å². The van der Waals surface area contributed by atoms with Crippen molar-refractivity contribution in [3.8, 4) is 5.75 Å². The highest BCUT2D eigenvalue weighted by atomic mass is 35.5. The van der Waals surface area contributed by atoms with Gasteiger partial charge in [0.15, 0.2) is 5.75 Å². The van der Waals surface area contributed by atoms with E-state index in [1.54, 1.807) is 32.7 Å². The summed E-state index contributed by atoms with van der Waals surface area (Å²) in [6.07, 6.45) is 5.88. The molecule has 1 N–H and O–H groups in total. The first-order valence-corrected chi connectivity index (χ1v) is 10.4. The van der Waals surface area contributed by atoms with E-state index in [1.807, 2.05) is 42.5 Å². The first kappa shape index (κ1) is 21.8. The van der Waals surface area contributed by atoms with Crippen molar-refractivity contribution in [2.45, 2.75) is 6.04 Å². The summed E-state index contributed by atoms with van der Waals surface area (Å²) in [5, 5.41) is 4.83. The van der Waals surface area contributed by atoms with E-state index in [4.69, 9.17) is 27.9 Å². The Morgan fingerprint density at radius 1 is 1.00 bits per heavy atom. The third-order valence-electron chi connectivity index (χ3n) is 4.76. The number of carbonyl (C=O) groups is 1. The number of aromatic nitrogens is 3. The van der Waals surface area contributed by atoms with Crippen molar-refractivity contribution in [2.75, 3.05) is 19.4 Å². The Balaban J connectivity index is 1.94. The van der Waals surface area contributed by atoms with E-state index in [2.05, 4.69) is 20.3 Å². The van der Waals surface area contributed by atoms with Crippen LogP contribution in [0.2, 0.25) is 10.0 Å². The zero-order chi connectivity index (χ0) is 22.7. The molecule has 1 unspecified atom stereocenters. The lowest BCUT2D eigenvalue weighted by molar-refractivity contribution is 0.172. The second-order valence-electron chi connectivity index (χ2n) is 7.14. The van der Waals surface area contributed by atoms with Crippen LogP contribution in [0.5, 0.6) is 5.75 Å². The van der Waals surface area contributed by atoms with Gasteiger partial charge in [0.1, 0.15) is 11.3 Å². The predicted octanol–water partition coefficient (Wildman–Crippen LogP) is 5.59. The number of halogens is 2. The topological polar surface area (TPSA) is 80.2 Å². The van der Waals surface area contributed by atoms with Crippen LogP contribution in [0.25, 0.3) is 10.9 Å². The van der Waals surface area contributed by atoms with Gasteiger partial charge in [-0.15, -0.1) is 0 Å². The van der Waals surface area contributed by atoms with Gasteiger partial charge in [0, 0.05) is 55.4 Å². The second kappa shape index (κ2) is 9.38. The molecule has 0 radical (unpaired) electrons. The van der Waals surface area contributed by atoms with Crippen LogP contribution in [0.3, 0.4) is 0 Å². The second-order valence-corrected chi connectivity index (χ2v) is 7.92. The molecule has 0 aliphatic rings. The minimum Gasteiger partial charge on any atom is -0.407 e. The van der Waals surface area contributed by atoms with E-state index in [-0.39, 0.29) is 0 Å². The molecular weight excluding hydrogens is 449 g/mol. The number of rotatable bonds is 5. The van der Waals surface area contributed by atoms with Gasteiger partial charge in [0.2, 0.25) is 0 Å². The maximum absolute atomic E-state index is 12.5. The highest BCUT2D eigenvalue weighted by Gasteiger charge is 2.26. The van der Waals surface area contributed by atoms with E-state index in [0.717, 1.165) is 5.39 Å². The van der Waals surface area contributed by atoms with Crippen LogP contribution >= 0.6 is 23.2 Å². The van der Waals surface area contributed by atoms with E-state index in [9.17, 15) is 4.79 Å². The van der Waals surface area contributed by atoms with Crippen LogP contribution < -0.4 is 10.1 Å². The van der Waals surface area contributed by atoms with Crippen molar-refractivity contribution in [2.24, 2.45) is 0 Å². The molecule has 0 bridgehead atoms. The fraction of sp³-hybridized carbons (Fsp3) is 0.130. The normalized spacial score (nSPS) is 11.8. The summed E-state index contributed by atoms with van der Waals surface area (Å²) in [6, 6.07) is 12.4. The number of carbonyl (C=O) groups excluding carboxylic acids is 1. The number of anilines is 1. The fourth-order valence-electron chi connectivity index (χ4n) is 3.20. The predicted molar refractivity (Wildman–Crippen MR) is 125 cm³/mol. The van der Waals surface area contributed by atoms with Gasteiger partial charge in [-0.2, -0.15) is 0 Å². The van der Waals surface area contributed by atoms with Crippen molar-refractivity contribution in [1.82, 2.24) is 19.9 Å². The fourth-order valence-corrected chi connectivity index (χ4v) is 3.57. The van der Waals surface area contributed by atoms with Gasteiger partial charge in [-0.25, -0.2) is 9.78 Å². The number of nitrogens with zero attached hydrogens (tertiary/aromatic N) is 4. The van der Waals surface area contributed by atoms with Gasteiger partial charge >= 0.3 is 6.09 Å². The Kier molecular flexibility index (Phi) is 6.39. The quantitative estimate of drug-likeness (QED) is 0.411. The van der Waals surface area contributed by atoms with Crippen molar-refractivity contribution in [1.29, 1.82) is 0 Å². The Hall–Kier alpha value is -3.42. The first-order chi connectivity index (χ1) is 15.5. The Morgan fingerprint density at radius 2 is 1.81 bits per heavy atom. The number of nitrogens with one attached hydrogen (secondary N) is 1. The molecule has 4 aromatic rings. The summed E-state index contributed by atoms with van der Waals surface area (Å²) < 4.78 is 5.80. The highest BCUT2D eigenvalue weighted by molar-refractivity contribution is 6.42. The lowest BCUT2D eigenvalue weighted by atomic mass is 9.97. The van der Waals surface area contributed by atoms with Crippen LogP contribution in [-0.2, 0) is 0 Å². The SMILES string of the molecule is CN(C)C(=O)Oc1c(C(Nc2ccccn2)c2cncc(Cl)c2Cl)ccc2cccnc12. The Morgan fingerprint density at radius 3 is 2.56 bits per heavy atom. The number of pyridine rings is 3. The number of fused-ring (bicyclic) bond motifs is 1. The zero-order valence-electron chi connectivity index (χ0n) is 17.3. The standard InChI is InChI=1S/C23H19Cl2N5O2/c1-30(2)23(31)32-22-15(9-8-14-6-5-11-28-20(14)22)21(29-18-7-3-4-10-27-18)16-12-26-13-17(24)19(16)25/h3-13,21H,1-2H3,(H,27,29). The molecular formula is C23H19Cl2N5O2. The van der Waals surface area contributed by atoms with E-state index in [1.165, 1.54) is 11.1 Å². The average Bonchev–Trinajstić information content (AvgIpc) is 2.80. The van der Waals surface area contributed by atoms with Gasteiger partial charge in [-0.05, 0) is 18.2 Å². The minimum absolute atomic E-state index is 0.308. The number of ether oxygens (including phenoxy) is 1. The first-order valence-electron chi connectivity index (χ1n) is 9.69. The molecule has 0 saturated heterocycles. The molecule has 0 fully saturated rings. The summed E-state index contributed by atoms with van der Waals surface area (Å²) >= 11 is 12.8. The van der Waals surface area contributed by atoms with Crippen LogP contribution in [0.15, 0.2) is 67.3 Å². The summed E-state index contributed by atoms with van der Waals surface area (Å²) in [7, 11) is 3.23. The number of amides is 1. The van der Waals surface area contributed by atoms with Gasteiger partial charge < -0.3 is 15.0 Å². The lowest BCUT2D eigenvalue weighted by Crippen LogP contribution is -2.26. The minimum atomic E-state index is -0.583. The largest absolute Gasteiger partial charge is 0.414 e.